The van der Waals surface area contributed by atoms with E-state index in [1.165, 1.54) is 0 Å². The molecule has 0 bridgehead atoms. The van der Waals surface area contributed by atoms with Crippen LogP contribution in [0.15, 0.2) is 24.3 Å². The number of urea groups is 1. The molecule has 0 aliphatic carbocycles. The minimum Gasteiger partial charge on any atom is -0.352 e. The molecule has 2 aliphatic heterocycles. The molecule has 2 saturated heterocycles. The normalized spacial score (nSPS) is 25.3. The Bertz CT molecular complexity index is 655. The van der Waals surface area contributed by atoms with E-state index in [4.69, 9.17) is 0 Å². The number of benzene rings is 1. The fraction of sp³-hybridized carbons (Fsp3) is 0.600. The minimum atomic E-state index is -0.124. The number of carbonyl (C=O) groups is 2. The van der Waals surface area contributed by atoms with Crippen molar-refractivity contribution in [3.63, 3.8) is 0 Å². The molecule has 1 aromatic carbocycles. The van der Waals surface area contributed by atoms with Crippen LogP contribution in [0.3, 0.4) is 0 Å². The Balaban J connectivity index is 0.00000261. The molecular formula is C20H31ClN4O2. The molecule has 27 heavy (non-hydrogen) atoms. The number of carbonyl (C=O) groups excluding carboxylic acids is 2. The topological polar surface area (TPSA) is 73.5 Å². The average molecular weight is 395 g/mol. The van der Waals surface area contributed by atoms with Gasteiger partial charge in [-0.3, -0.25) is 4.79 Å². The molecule has 6 nitrogen and oxygen atoms in total. The molecule has 0 spiro atoms. The van der Waals surface area contributed by atoms with Crippen LogP contribution in [-0.4, -0.2) is 48.6 Å². The van der Waals surface area contributed by atoms with Crippen molar-refractivity contribution >= 4 is 30.0 Å². The van der Waals surface area contributed by atoms with Crippen LogP contribution in [0.25, 0.3) is 0 Å². The van der Waals surface area contributed by atoms with Gasteiger partial charge in [0.1, 0.15) is 0 Å². The lowest BCUT2D eigenvalue weighted by atomic mass is 9.94. The number of amides is 3. The maximum atomic E-state index is 12.7. The van der Waals surface area contributed by atoms with E-state index < -0.39 is 0 Å². The van der Waals surface area contributed by atoms with Gasteiger partial charge in [0, 0.05) is 30.9 Å². The summed E-state index contributed by atoms with van der Waals surface area (Å²) < 4.78 is 0. The molecule has 0 saturated carbocycles. The van der Waals surface area contributed by atoms with Crippen molar-refractivity contribution in [3.05, 3.63) is 29.8 Å². The van der Waals surface area contributed by atoms with E-state index in [0.717, 1.165) is 43.5 Å². The smallest absolute Gasteiger partial charge is 0.321 e. The number of hydrogen-bond acceptors (Lipinski definition) is 3. The summed E-state index contributed by atoms with van der Waals surface area (Å²) in [7, 11) is 0. The van der Waals surface area contributed by atoms with Gasteiger partial charge in [0.25, 0.3) is 0 Å². The van der Waals surface area contributed by atoms with E-state index in [2.05, 4.69) is 22.9 Å². The predicted molar refractivity (Wildman–Crippen MR) is 110 cm³/mol. The zero-order valence-electron chi connectivity index (χ0n) is 16.2. The van der Waals surface area contributed by atoms with Crippen molar-refractivity contribution in [1.82, 2.24) is 15.5 Å². The van der Waals surface area contributed by atoms with E-state index in [0.29, 0.717) is 19.1 Å². The lowest BCUT2D eigenvalue weighted by Gasteiger charge is -2.35. The highest BCUT2D eigenvalue weighted by Gasteiger charge is 2.31. The number of rotatable bonds is 3. The lowest BCUT2D eigenvalue weighted by Crippen LogP contribution is -2.55. The summed E-state index contributed by atoms with van der Waals surface area (Å²) in [5.41, 5.74) is 1.90. The van der Waals surface area contributed by atoms with Crippen LogP contribution in [-0.2, 0) is 4.79 Å². The van der Waals surface area contributed by atoms with Crippen LogP contribution in [0, 0.1) is 12.8 Å². The molecule has 1 aromatic rings. The number of nitrogens with zero attached hydrogens (tertiary/aromatic N) is 1. The summed E-state index contributed by atoms with van der Waals surface area (Å²) in [6.45, 7) is 6.31. The minimum absolute atomic E-state index is 0. The number of nitrogens with one attached hydrogen (secondary N) is 3. The van der Waals surface area contributed by atoms with Gasteiger partial charge in [0.15, 0.2) is 0 Å². The van der Waals surface area contributed by atoms with Crippen LogP contribution in [0.5, 0.6) is 0 Å². The van der Waals surface area contributed by atoms with Gasteiger partial charge in [-0.2, -0.15) is 0 Å². The molecule has 0 aromatic heterocycles. The van der Waals surface area contributed by atoms with Gasteiger partial charge in [-0.15, -0.1) is 12.4 Å². The van der Waals surface area contributed by atoms with Crippen molar-refractivity contribution in [3.8, 4) is 0 Å². The summed E-state index contributed by atoms with van der Waals surface area (Å²) in [4.78, 5) is 27.0. The third-order valence-electron chi connectivity index (χ3n) is 5.44. The highest BCUT2D eigenvalue weighted by Crippen LogP contribution is 2.19. The summed E-state index contributed by atoms with van der Waals surface area (Å²) in [6, 6.07) is 8.13. The van der Waals surface area contributed by atoms with Crippen LogP contribution in [0.2, 0.25) is 0 Å². The number of likely N-dealkylation sites (tertiary alicyclic amines) is 1. The molecule has 2 fully saturated rings. The first-order chi connectivity index (χ1) is 12.5. The Kier molecular flexibility index (Phi) is 7.92. The fourth-order valence-corrected chi connectivity index (χ4v) is 3.84. The molecule has 3 atom stereocenters. The fourth-order valence-electron chi connectivity index (χ4n) is 3.84. The van der Waals surface area contributed by atoms with E-state index in [1.54, 1.807) is 4.90 Å². The third kappa shape index (κ3) is 5.84. The van der Waals surface area contributed by atoms with Gasteiger partial charge >= 0.3 is 6.03 Å². The second-order valence-electron chi connectivity index (χ2n) is 7.58. The van der Waals surface area contributed by atoms with Crippen molar-refractivity contribution < 1.29 is 9.59 Å². The Morgan fingerprint density at radius 3 is 2.78 bits per heavy atom. The number of aryl methyl sites for hydroxylation is 1. The molecule has 7 heteroatoms. The monoisotopic (exact) mass is 394 g/mol. The number of piperidine rings is 2. The number of anilines is 1. The van der Waals surface area contributed by atoms with Gasteiger partial charge in [-0.05, 0) is 63.8 Å². The molecule has 3 N–H and O–H groups in total. The average Bonchev–Trinajstić information content (AvgIpc) is 2.63. The van der Waals surface area contributed by atoms with Crippen LogP contribution < -0.4 is 16.0 Å². The van der Waals surface area contributed by atoms with Gasteiger partial charge in [-0.1, -0.05) is 12.1 Å². The van der Waals surface area contributed by atoms with E-state index in [1.807, 2.05) is 31.2 Å². The van der Waals surface area contributed by atoms with E-state index in [-0.39, 0.29) is 36.3 Å². The molecule has 2 aliphatic rings. The standard InChI is InChI=1S/C20H30N4O2.ClH/c1-14-6-3-8-17(12-14)22-20(26)24-11-5-7-16(13-24)19(25)23-18-9-4-10-21-15(18)2;/h3,6,8,12,15-16,18,21H,4-5,7,9-11,13H2,1-2H3,(H,22,26)(H,23,25);1H. The van der Waals surface area contributed by atoms with Crippen molar-refractivity contribution in [2.24, 2.45) is 5.92 Å². The second-order valence-corrected chi connectivity index (χ2v) is 7.58. The quantitative estimate of drug-likeness (QED) is 0.738. The summed E-state index contributed by atoms with van der Waals surface area (Å²) in [5, 5.41) is 9.55. The Labute approximate surface area is 167 Å². The third-order valence-corrected chi connectivity index (χ3v) is 5.44. The van der Waals surface area contributed by atoms with Crippen molar-refractivity contribution in [1.29, 1.82) is 0 Å². The first kappa shape index (κ1) is 21.5. The molecule has 3 amide bonds. The SMILES string of the molecule is Cc1cccc(NC(=O)N2CCCC(C(=O)NC3CCCNC3C)C2)c1.Cl. The largest absolute Gasteiger partial charge is 0.352 e. The number of halogens is 1. The molecule has 3 unspecified atom stereocenters. The van der Waals surface area contributed by atoms with Crippen LogP contribution >= 0.6 is 12.4 Å². The first-order valence-electron chi connectivity index (χ1n) is 9.69. The molecule has 3 rings (SSSR count). The Morgan fingerprint density at radius 1 is 1.22 bits per heavy atom. The van der Waals surface area contributed by atoms with E-state index in [9.17, 15) is 9.59 Å². The zero-order valence-corrected chi connectivity index (χ0v) is 17.0. The van der Waals surface area contributed by atoms with Crippen molar-refractivity contribution in [2.75, 3.05) is 25.0 Å². The summed E-state index contributed by atoms with van der Waals surface area (Å²) in [6.07, 6.45) is 3.81. The van der Waals surface area contributed by atoms with E-state index >= 15 is 0 Å². The van der Waals surface area contributed by atoms with Gasteiger partial charge in [-0.25, -0.2) is 4.79 Å². The molecule has 150 valence electrons. The maximum Gasteiger partial charge on any atom is 0.321 e. The van der Waals surface area contributed by atoms with Gasteiger partial charge in [0.05, 0.1) is 5.92 Å². The van der Waals surface area contributed by atoms with Gasteiger partial charge in [0.2, 0.25) is 5.91 Å². The highest BCUT2D eigenvalue weighted by atomic mass is 35.5. The Hall–Kier alpha value is -1.79. The van der Waals surface area contributed by atoms with Crippen molar-refractivity contribution in [2.45, 2.75) is 51.6 Å². The van der Waals surface area contributed by atoms with Gasteiger partial charge < -0.3 is 20.9 Å². The van der Waals surface area contributed by atoms with Crippen LogP contribution in [0.1, 0.15) is 38.2 Å². The maximum absolute atomic E-state index is 12.7. The zero-order chi connectivity index (χ0) is 18.5. The molecule has 0 radical (unpaired) electrons. The van der Waals surface area contributed by atoms with Crippen LogP contribution in [0.4, 0.5) is 10.5 Å². The summed E-state index contributed by atoms with van der Waals surface area (Å²) >= 11 is 0. The second kappa shape index (κ2) is 9.95. The molecular weight excluding hydrogens is 364 g/mol. The lowest BCUT2D eigenvalue weighted by molar-refractivity contribution is -0.127. The highest BCUT2D eigenvalue weighted by molar-refractivity contribution is 5.90. The predicted octanol–water partition coefficient (Wildman–Crippen LogP) is 2.92. The Morgan fingerprint density at radius 2 is 2.04 bits per heavy atom. The first-order valence-corrected chi connectivity index (χ1v) is 9.69. The molecule has 2 heterocycles. The number of hydrogen-bond donors (Lipinski definition) is 3. The summed E-state index contributed by atoms with van der Waals surface area (Å²) in [5.74, 6) is -0.0419.